The number of rotatable bonds is 6. The molecule has 0 atom stereocenters. The number of aryl methyl sites for hydroxylation is 1. The Morgan fingerprint density at radius 2 is 2.29 bits per heavy atom. The molecule has 0 saturated heterocycles. The molecular formula is C11H17N5S. The predicted octanol–water partition coefficient (Wildman–Crippen LogP) is 1.59. The third-order valence-electron chi connectivity index (χ3n) is 2.31. The minimum atomic E-state index is 0.700. The van der Waals surface area contributed by atoms with Crippen LogP contribution in [0.15, 0.2) is 11.6 Å². The van der Waals surface area contributed by atoms with Crippen molar-refractivity contribution in [3.05, 3.63) is 28.0 Å². The summed E-state index contributed by atoms with van der Waals surface area (Å²) in [6.45, 7) is 6.65. The second-order valence-corrected chi connectivity index (χ2v) is 5.00. The second-order valence-electron chi connectivity index (χ2n) is 3.94. The van der Waals surface area contributed by atoms with E-state index in [1.807, 2.05) is 17.8 Å². The number of thiazole rings is 1. The molecule has 2 rings (SSSR count). The highest BCUT2D eigenvalue weighted by Crippen LogP contribution is 2.09. The van der Waals surface area contributed by atoms with Crippen LogP contribution < -0.4 is 5.32 Å². The molecule has 0 aliphatic carbocycles. The van der Waals surface area contributed by atoms with Gasteiger partial charge in [0.25, 0.3) is 0 Å². The monoisotopic (exact) mass is 251 g/mol. The molecule has 0 aliphatic rings. The maximum Gasteiger partial charge on any atom is 0.0964 e. The van der Waals surface area contributed by atoms with Crippen LogP contribution in [0.3, 0.4) is 0 Å². The fraction of sp³-hybridized carbons (Fsp3) is 0.545. The molecule has 0 amide bonds. The van der Waals surface area contributed by atoms with Crippen molar-refractivity contribution in [3.8, 4) is 0 Å². The minimum Gasteiger partial charge on any atom is -0.311 e. The molecule has 0 aromatic carbocycles. The summed E-state index contributed by atoms with van der Waals surface area (Å²) in [5.74, 6) is 0. The average molecular weight is 251 g/mol. The Labute approximate surface area is 105 Å². The molecule has 0 saturated carbocycles. The molecule has 2 heterocycles. The lowest BCUT2D eigenvalue weighted by Gasteiger charge is -1.97. The molecule has 0 spiro atoms. The molecular weight excluding hydrogens is 234 g/mol. The first kappa shape index (κ1) is 12.2. The minimum absolute atomic E-state index is 0.700. The second kappa shape index (κ2) is 5.88. The molecule has 92 valence electrons. The molecule has 0 radical (unpaired) electrons. The van der Waals surface area contributed by atoms with Crippen molar-refractivity contribution in [3.63, 3.8) is 0 Å². The topological polar surface area (TPSA) is 55.6 Å². The summed E-state index contributed by atoms with van der Waals surface area (Å²) < 4.78 is 1.83. The van der Waals surface area contributed by atoms with Gasteiger partial charge in [-0.1, -0.05) is 12.1 Å². The summed E-state index contributed by atoms with van der Waals surface area (Å²) in [4.78, 5) is 4.40. The Morgan fingerprint density at radius 3 is 3.00 bits per heavy atom. The van der Waals surface area contributed by atoms with Gasteiger partial charge in [0, 0.05) is 11.9 Å². The molecule has 2 aromatic heterocycles. The van der Waals surface area contributed by atoms with E-state index in [0.29, 0.717) is 6.54 Å². The van der Waals surface area contributed by atoms with E-state index < -0.39 is 0 Å². The fourth-order valence-electron chi connectivity index (χ4n) is 1.54. The smallest absolute Gasteiger partial charge is 0.0964 e. The summed E-state index contributed by atoms with van der Waals surface area (Å²) >= 11 is 1.66. The maximum absolute atomic E-state index is 4.40. The van der Waals surface area contributed by atoms with Crippen LogP contribution in [0.5, 0.6) is 0 Å². The van der Waals surface area contributed by atoms with Crippen LogP contribution in [-0.2, 0) is 13.1 Å². The highest BCUT2D eigenvalue weighted by molar-refractivity contribution is 7.09. The highest BCUT2D eigenvalue weighted by atomic mass is 32.1. The van der Waals surface area contributed by atoms with Crippen molar-refractivity contribution in [2.24, 2.45) is 0 Å². The molecule has 0 bridgehead atoms. The summed E-state index contributed by atoms with van der Waals surface area (Å²) in [7, 11) is 0. The van der Waals surface area contributed by atoms with Gasteiger partial charge in [-0.3, -0.25) is 0 Å². The van der Waals surface area contributed by atoms with Crippen LogP contribution in [0.2, 0.25) is 0 Å². The van der Waals surface area contributed by atoms with Crippen LogP contribution in [-0.4, -0.2) is 26.5 Å². The van der Waals surface area contributed by atoms with Crippen molar-refractivity contribution in [1.82, 2.24) is 25.3 Å². The summed E-state index contributed by atoms with van der Waals surface area (Å²) in [5, 5.41) is 14.7. The summed E-state index contributed by atoms with van der Waals surface area (Å²) in [5.41, 5.74) is 2.02. The van der Waals surface area contributed by atoms with Gasteiger partial charge in [0.2, 0.25) is 0 Å². The average Bonchev–Trinajstić information content (AvgIpc) is 2.90. The van der Waals surface area contributed by atoms with E-state index in [4.69, 9.17) is 0 Å². The van der Waals surface area contributed by atoms with Gasteiger partial charge in [-0.05, 0) is 19.9 Å². The van der Waals surface area contributed by atoms with E-state index in [1.54, 1.807) is 11.3 Å². The maximum atomic E-state index is 4.40. The van der Waals surface area contributed by atoms with Gasteiger partial charge in [0.05, 0.1) is 29.1 Å². The predicted molar refractivity (Wildman–Crippen MR) is 68.0 cm³/mol. The Morgan fingerprint density at radius 1 is 1.41 bits per heavy atom. The molecule has 1 N–H and O–H groups in total. The zero-order chi connectivity index (χ0) is 12.1. The molecule has 5 nitrogen and oxygen atoms in total. The first-order valence-corrected chi connectivity index (χ1v) is 6.66. The first-order valence-electron chi connectivity index (χ1n) is 5.78. The zero-order valence-electron chi connectivity index (χ0n) is 10.2. The van der Waals surface area contributed by atoms with Gasteiger partial charge in [-0.25, -0.2) is 9.67 Å². The van der Waals surface area contributed by atoms with Gasteiger partial charge < -0.3 is 5.32 Å². The van der Waals surface area contributed by atoms with E-state index in [2.05, 4.69) is 32.9 Å². The molecule has 0 aliphatic heterocycles. The van der Waals surface area contributed by atoms with Crippen molar-refractivity contribution in [1.29, 1.82) is 0 Å². The molecule has 17 heavy (non-hydrogen) atoms. The van der Waals surface area contributed by atoms with Crippen LogP contribution in [0.25, 0.3) is 0 Å². The van der Waals surface area contributed by atoms with Crippen molar-refractivity contribution >= 4 is 11.3 Å². The van der Waals surface area contributed by atoms with Crippen molar-refractivity contribution in [2.45, 2.75) is 33.4 Å². The van der Waals surface area contributed by atoms with Gasteiger partial charge >= 0.3 is 0 Å². The quantitative estimate of drug-likeness (QED) is 0.792. The summed E-state index contributed by atoms with van der Waals surface area (Å²) in [6, 6.07) is 0. The number of nitrogens with one attached hydrogen (secondary N) is 1. The van der Waals surface area contributed by atoms with Gasteiger partial charge in [-0.2, -0.15) is 0 Å². The number of hydrogen-bond donors (Lipinski definition) is 1. The number of hydrogen-bond acceptors (Lipinski definition) is 5. The van der Waals surface area contributed by atoms with Crippen molar-refractivity contribution < 1.29 is 0 Å². The van der Waals surface area contributed by atoms with Crippen LogP contribution in [0, 0.1) is 6.92 Å². The van der Waals surface area contributed by atoms with E-state index in [0.717, 1.165) is 35.9 Å². The van der Waals surface area contributed by atoms with E-state index >= 15 is 0 Å². The number of nitrogens with zero attached hydrogens (tertiary/aromatic N) is 4. The SMILES string of the molecule is CCCNCc1cn(Cc2csc(C)n2)nn1. The Kier molecular flexibility index (Phi) is 4.22. The normalized spacial score (nSPS) is 10.9. The lowest BCUT2D eigenvalue weighted by atomic mass is 10.4. The van der Waals surface area contributed by atoms with Crippen molar-refractivity contribution in [2.75, 3.05) is 6.54 Å². The van der Waals surface area contributed by atoms with Gasteiger partial charge in [0.15, 0.2) is 0 Å². The highest BCUT2D eigenvalue weighted by Gasteiger charge is 2.03. The fourth-order valence-corrected chi connectivity index (χ4v) is 2.14. The Bertz CT molecular complexity index is 462. The third kappa shape index (κ3) is 3.61. The van der Waals surface area contributed by atoms with Crippen LogP contribution in [0.4, 0.5) is 0 Å². The molecule has 0 unspecified atom stereocenters. The van der Waals surface area contributed by atoms with Crippen LogP contribution in [0.1, 0.15) is 29.7 Å². The molecule has 2 aromatic rings. The Balaban J connectivity index is 1.89. The lowest BCUT2D eigenvalue weighted by Crippen LogP contribution is -2.13. The summed E-state index contributed by atoms with van der Waals surface area (Å²) in [6.07, 6.45) is 3.10. The lowest BCUT2D eigenvalue weighted by molar-refractivity contribution is 0.637. The molecule has 6 heteroatoms. The largest absolute Gasteiger partial charge is 0.311 e. The van der Waals surface area contributed by atoms with E-state index in [-0.39, 0.29) is 0 Å². The third-order valence-corrected chi connectivity index (χ3v) is 3.13. The Hall–Kier alpha value is -1.27. The first-order chi connectivity index (χ1) is 8.28. The standard InChI is InChI=1S/C11H17N5S/c1-3-4-12-5-10-6-16(15-14-10)7-11-8-17-9(2)13-11/h6,8,12H,3-5,7H2,1-2H3. The van der Waals surface area contributed by atoms with Gasteiger partial charge in [0.1, 0.15) is 0 Å². The van der Waals surface area contributed by atoms with E-state index in [9.17, 15) is 0 Å². The number of aromatic nitrogens is 4. The van der Waals surface area contributed by atoms with Gasteiger partial charge in [-0.15, -0.1) is 16.4 Å². The zero-order valence-corrected chi connectivity index (χ0v) is 11.0. The van der Waals surface area contributed by atoms with Crippen LogP contribution >= 0.6 is 11.3 Å². The molecule has 0 fully saturated rings. The van der Waals surface area contributed by atoms with E-state index in [1.165, 1.54) is 0 Å².